The Bertz CT molecular complexity index is 922. The van der Waals surface area contributed by atoms with Gasteiger partial charge < -0.3 is 5.32 Å². The summed E-state index contributed by atoms with van der Waals surface area (Å²) in [4.78, 5) is 12.7. The van der Waals surface area contributed by atoms with Crippen LogP contribution in [0.5, 0.6) is 0 Å². The van der Waals surface area contributed by atoms with Crippen LogP contribution in [0, 0.1) is 5.82 Å². The Hall–Kier alpha value is -1.83. The van der Waals surface area contributed by atoms with Crippen LogP contribution in [0.1, 0.15) is 13.3 Å². The molecule has 0 saturated heterocycles. The first-order valence-corrected chi connectivity index (χ1v) is 10.3. The number of carbonyl (C=O) groups excluding carboxylic acids is 1. The third kappa shape index (κ3) is 4.66. The molecular weight excluding hydrogens is 402 g/mol. The van der Waals surface area contributed by atoms with Gasteiger partial charge in [-0.2, -0.15) is 0 Å². The molecule has 26 heavy (non-hydrogen) atoms. The minimum Gasteiger partial charge on any atom is -0.323 e. The van der Waals surface area contributed by atoms with Crippen LogP contribution < -0.4 is 9.62 Å². The zero-order chi connectivity index (χ0) is 19.5. The van der Waals surface area contributed by atoms with Gasteiger partial charge in [0.05, 0.1) is 27.7 Å². The zero-order valence-corrected chi connectivity index (χ0v) is 16.4. The number of hydrogen-bond donors (Lipinski definition) is 1. The quantitative estimate of drug-likeness (QED) is 0.759. The minimum absolute atomic E-state index is 0.0973. The molecule has 2 aromatic carbocycles. The number of nitrogens with zero attached hydrogens (tertiary/aromatic N) is 1. The second-order valence-electron chi connectivity index (χ2n) is 5.55. The van der Waals surface area contributed by atoms with Crippen LogP contribution in [0.25, 0.3) is 0 Å². The summed E-state index contributed by atoms with van der Waals surface area (Å²) in [5, 5.41) is 2.71. The second-order valence-corrected chi connectivity index (χ2v) is 8.22. The molecule has 5 nitrogen and oxygen atoms in total. The van der Waals surface area contributed by atoms with Gasteiger partial charge in [0, 0.05) is 0 Å². The molecule has 1 N–H and O–H groups in total. The van der Waals surface area contributed by atoms with Gasteiger partial charge in [0.15, 0.2) is 0 Å². The first-order valence-electron chi connectivity index (χ1n) is 7.65. The summed E-state index contributed by atoms with van der Waals surface area (Å²) in [7, 11) is -3.85. The molecule has 1 atom stereocenters. The van der Waals surface area contributed by atoms with E-state index in [0.717, 1.165) is 16.6 Å². The van der Waals surface area contributed by atoms with Crippen LogP contribution in [-0.2, 0) is 14.8 Å². The van der Waals surface area contributed by atoms with Gasteiger partial charge in [0.2, 0.25) is 15.9 Å². The van der Waals surface area contributed by atoms with Gasteiger partial charge in [0.25, 0.3) is 0 Å². The average Bonchev–Trinajstić information content (AvgIpc) is 2.56. The molecule has 0 aliphatic rings. The largest absolute Gasteiger partial charge is 0.323 e. The molecule has 2 rings (SSSR count). The number of hydrogen-bond acceptors (Lipinski definition) is 3. The van der Waals surface area contributed by atoms with E-state index in [4.69, 9.17) is 23.2 Å². The highest BCUT2D eigenvalue weighted by Gasteiger charge is 2.32. The number of amides is 1. The van der Waals surface area contributed by atoms with Crippen LogP contribution in [0.2, 0.25) is 10.0 Å². The maximum atomic E-state index is 13.4. The van der Waals surface area contributed by atoms with E-state index < -0.39 is 27.8 Å². The van der Waals surface area contributed by atoms with Gasteiger partial charge in [-0.25, -0.2) is 12.8 Å². The Morgan fingerprint density at radius 2 is 1.85 bits per heavy atom. The fraction of sp³-hybridized carbons (Fsp3) is 0.235. The van der Waals surface area contributed by atoms with E-state index in [9.17, 15) is 17.6 Å². The third-order valence-corrected chi connectivity index (χ3v) is 5.42. The smallest absolute Gasteiger partial charge is 0.248 e. The number of anilines is 2. The van der Waals surface area contributed by atoms with Crippen molar-refractivity contribution in [1.29, 1.82) is 0 Å². The predicted molar refractivity (Wildman–Crippen MR) is 103 cm³/mol. The number of para-hydroxylation sites is 1. The first-order chi connectivity index (χ1) is 12.1. The van der Waals surface area contributed by atoms with E-state index in [-0.39, 0.29) is 17.1 Å². The van der Waals surface area contributed by atoms with Crippen molar-refractivity contribution in [3.05, 3.63) is 58.3 Å². The topological polar surface area (TPSA) is 66.5 Å². The van der Waals surface area contributed by atoms with Crippen molar-refractivity contribution >= 4 is 50.5 Å². The molecule has 2 aromatic rings. The van der Waals surface area contributed by atoms with E-state index in [0.29, 0.717) is 10.7 Å². The van der Waals surface area contributed by atoms with Crippen LogP contribution in [0.15, 0.2) is 42.5 Å². The fourth-order valence-electron chi connectivity index (χ4n) is 2.46. The molecule has 0 bridgehead atoms. The molecule has 1 amide bonds. The molecule has 0 radical (unpaired) electrons. The van der Waals surface area contributed by atoms with Crippen molar-refractivity contribution in [2.24, 2.45) is 0 Å². The second kappa shape index (κ2) is 8.24. The summed E-state index contributed by atoms with van der Waals surface area (Å²) in [6.45, 7) is 1.67. The van der Waals surface area contributed by atoms with Crippen LogP contribution in [0.3, 0.4) is 0 Å². The SMILES string of the molecule is CC[C@@H](C(=O)Nc1ccccc1Cl)N(c1ccc(F)c(Cl)c1)S(C)(=O)=O. The van der Waals surface area contributed by atoms with E-state index in [1.807, 2.05) is 0 Å². The number of halogens is 3. The summed E-state index contributed by atoms with van der Waals surface area (Å²) in [5.74, 6) is -1.25. The molecule has 140 valence electrons. The zero-order valence-electron chi connectivity index (χ0n) is 14.0. The van der Waals surface area contributed by atoms with Crippen molar-refractivity contribution in [3.8, 4) is 0 Å². The summed E-state index contributed by atoms with van der Waals surface area (Å²) in [6, 6.07) is 9.02. The number of benzene rings is 2. The van der Waals surface area contributed by atoms with Gasteiger partial charge >= 0.3 is 0 Å². The van der Waals surface area contributed by atoms with E-state index in [1.54, 1.807) is 31.2 Å². The maximum Gasteiger partial charge on any atom is 0.248 e. The van der Waals surface area contributed by atoms with Gasteiger partial charge in [-0.1, -0.05) is 42.3 Å². The van der Waals surface area contributed by atoms with E-state index >= 15 is 0 Å². The lowest BCUT2D eigenvalue weighted by Crippen LogP contribution is -2.47. The summed E-state index contributed by atoms with van der Waals surface area (Å²) in [5.41, 5.74) is 0.461. The van der Waals surface area contributed by atoms with Crippen molar-refractivity contribution in [2.75, 3.05) is 15.9 Å². The lowest BCUT2D eigenvalue weighted by molar-refractivity contribution is -0.117. The number of nitrogens with one attached hydrogen (secondary N) is 1. The normalized spacial score (nSPS) is 12.5. The molecule has 0 heterocycles. The van der Waals surface area contributed by atoms with Gasteiger partial charge in [-0.3, -0.25) is 9.10 Å². The van der Waals surface area contributed by atoms with Crippen molar-refractivity contribution in [1.82, 2.24) is 0 Å². The number of rotatable bonds is 6. The number of carbonyl (C=O) groups is 1. The predicted octanol–water partition coefficient (Wildman–Crippen LogP) is 4.32. The van der Waals surface area contributed by atoms with Crippen LogP contribution in [0.4, 0.5) is 15.8 Å². The highest BCUT2D eigenvalue weighted by Crippen LogP contribution is 2.28. The van der Waals surface area contributed by atoms with Crippen molar-refractivity contribution in [2.45, 2.75) is 19.4 Å². The Morgan fingerprint density at radius 3 is 2.38 bits per heavy atom. The summed E-state index contributed by atoms with van der Waals surface area (Å²) < 4.78 is 39.0. The molecule has 0 unspecified atom stereocenters. The molecule has 0 fully saturated rings. The molecule has 0 aromatic heterocycles. The Kier molecular flexibility index (Phi) is 6.49. The molecule has 9 heteroatoms. The lowest BCUT2D eigenvalue weighted by atomic mass is 10.1. The maximum absolute atomic E-state index is 13.4. The molecule has 0 spiro atoms. The lowest BCUT2D eigenvalue weighted by Gasteiger charge is -2.30. The Labute approximate surface area is 161 Å². The number of sulfonamides is 1. The first kappa shape index (κ1) is 20.5. The highest BCUT2D eigenvalue weighted by molar-refractivity contribution is 7.92. The van der Waals surface area contributed by atoms with Gasteiger partial charge in [-0.15, -0.1) is 0 Å². The highest BCUT2D eigenvalue weighted by atomic mass is 35.5. The third-order valence-electron chi connectivity index (χ3n) is 3.62. The Morgan fingerprint density at radius 1 is 1.19 bits per heavy atom. The van der Waals surface area contributed by atoms with Crippen molar-refractivity contribution in [3.63, 3.8) is 0 Å². The van der Waals surface area contributed by atoms with Gasteiger partial charge in [-0.05, 0) is 36.8 Å². The molecular formula is C17H17Cl2FN2O3S. The van der Waals surface area contributed by atoms with Crippen molar-refractivity contribution < 1.29 is 17.6 Å². The molecule has 0 saturated carbocycles. The standard InChI is InChI=1S/C17H17Cl2FN2O3S/c1-3-16(17(23)21-15-7-5-4-6-12(15)18)22(26(2,24)25)11-8-9-14(20)13(19)10-11/h4-10,16H,3H2,1-2H3,(H,21,23)/t16-/m0/s1. The molecule has 0 aliphatic heterocycles. The summed E-state index contributed by atoms with van der Waals surface area (Å²) >= 11 is 11.8. The van der Waals surface area contributed by atoms with Crippen LogP contribution >= 0.6 is 23.2 Å². The average molecular weight is 419 g/mol. The van der Waals surface area contributed by atoms with E-state index in [2.05, 4.69) is 5.32 Å². The van der Waals surface area contributed by atoms with Gasteiger partial charge in [0.1, 0.15) is 11.9 Å². The fourth-order valence-corrected chi connectivity index (χ4v) is 4.02. The van der Waals surface area contributed by atoms with Crippen LogP contribution in [-0.4, -0.2) is 26.6 Å². The molecule has 0 aliphatic carbocycles. The summed E-state index contributed by atoms with van der Waals surface area (Å²) in [6.07, 6.45) is 1.15. The minimum atomic E-state index is -3.85. The van der Waals surface area contributed by atoms with E-state index in [1.165, 1.54) is 12.1 Å². The monoisotopic (exact) mass is 418 g/mol. The Balaban J connectivity index is 2.43.